The molecule has 1 atom stereocenters. The van der Waals surface area contributed by atoms with E-state index in [2.05, 4.69) is 37.8 Å². The van der Waals surface area contributed by atoms with Gasteiger partial charge in [0.05, 0.1) is 17.8 Å². The van der Waals surface area contributed by atoms with E-state index >= 15 is 0 Å². The van der Waals surface area contributed by atoms with Gasteiger partial charge in [0.15, 0.2) is 0 Å². The number of anilines is 1. The second-order valence-corrected chi connectivity index (χ2v) is 6.23. The summed E-state index contributed by atoms with van der Waals surface area (Å²) < 4.78 is 6.52. The lowest BCUT2D eigenvalue weighted by Gasteiger charge is -2.28. The highest BCUT2D eigenvalue weighted by atomic mass is 79.9. The maximum Gasteiger partial charge on any atom is 0.112 e. The molecule has 3 heterocycles. The monoisotopic (exact) mass is 335 g/mol. The Bertz CT molecular complexity index is 599. The van der Waals surface area contributed by atoms with Crippen molar-refractivity contribution in [3.05, 3.63) is 29.0 Å². The van der Waals surface area contributed by atoms with Crippen LogP contribution in [-0.2, 0) is 4.74 Å². The number of hydrogen-bond acceptors (Lipinski definition) is 4. The van der Waals surface area contributed by atoms with Gasteiger partial charge in [-0.2, -0.15) is 0 Å². The van der Waals surface area contributed by atoms with Crippen LogP contribution in [0.2, 0.25) is 0 Å². The van der Waals surface area contributed by atoms with Gasteiger partial charge in [0.2, 0.25) is 0 Å². The molecule has 5 heteroatoms. The minimum absolute atomic E-state index is 0.604. The molecule has 0 aromatic carbocycles. The molecule has 0 aliphatic carbocycles. The first-order valence-electron chi connectivity index (χ1n) is 6.93. The van der Waals surface area contributed by atoms with E-state index in [4.69, 9.17) is 4.74 Å². The molecule has 4 nitrogen and oxygen atoms in total. The first-order valence-corrected chi connectivity index (χ1v) is 7.72. The maximum atomic E-state index is 5.56. The molecule has 1 fully saturated rings. The van der Waals surface area contributed by atoms with Crippen LogP contribution in [0.1, 0.15) is 12.8 Å². The van der Waals surface area contributed by atoms with E-state index in [1.807, 2.05) is 24.5 Å². The summed E-state index contributed by atoms with van der Waals surface area (Å²) in [4.78, 5) is 11.2. The third kappa shape index (κ3) is 2.94. The maximum absolute atomic E-state index is 5.56. The largest absolute Gasteiger partial charge is 0.381 e. The number of nitrogens with zero attached hydrogens (tertiary/aromatic N) is 3. The van der Waals surface area contributed by atoms with Crippen LogP contribution < -0.4 is 4.90 Å². The van der Waals surface area contributed by atoms with E-state index in [0.717, 1.165) is 41.0 Å². The minimum atomic E-state index is 0.604. The quantitative estimate of drug-likeness (QED) is 0.862. The zero-order valence-electron chi connectivity index (χ0n) is 11.6. The summed E-state index contributed by atoms with van der Waals surface area (Å²) in [5, 5.41) is 0. The van der Waals surface area contributed by atoms with Gasteiger partial charge >= 0.3 is 0 Å². The minimum Gasteiger partial charge on any atom is -0.381 e. The summed E-state index contributed by atoms with van der Waals surface area (Å²) in [6.45, 7) is 2.77. The van der Waals surface area contributed by atoms with Crippen molar-refractivity contribution in [1.82, 2.24) is 9.97 Å². The normalized spacial score (nSPS) is 19.2. The molecule has 2 aromatic rings. The molecule has 3 rings (SSSR count). The van der Waals surface area contributed by atoms with Crippen molar-refractivity contribution in [1.29, 1.82) is 0 Å². The van der Waals surface area contributed by atoms with Crippen LogP contribution in [0.5, 0.6) is 0 Å². The van der Waals surface area contributed by atoms with Gasteiger partial charge in [-0.05, 0) is 46.8 Å². The SMILES string of the molecule is CN(CC1CCCOC1)c1ccnc2cc(Br)cnc12. The Morgan fingerprint density at radius 3 is 3.15 bits per heavy atom. The van der Waals surface area contributed by atoms with E-state index in [0.29, 0.717) is 5.92 Å². The number of hydrogen-bond donors (Lipinski definition) is 0. The zero-order valence-corrected chi connectivity index (χ0v) is 13.1. The van der Waals surface area contributed by atoms with E-state index in [-0.39, 0.29) is 0 Å². The Hall–Kier alpha value is -1.20. The first kappa shape index (κ1) is 13.8. The van der Waals surface area contributed by atoms with Gasteiger partial charge in [0.1, 0.15) is 5.52 Å². The Kier molecular flexibility index (Phi) is 4.17. The summed E-state index contributed by atoms with van der Waals surface area (Å²) in [7, 11) is 2.12. The Morgan fingerprint density at radius 1 is 1.45 bits per heavy atom. The highest BCUT2D eigenvalue weighted by molar-refractivity contribution is 9.10. The van der Waals surface area contributed by atoms with Crippen LogP contribution in [-0.4, -0.2) is 36.8 Å². The molecule has 0 saturated carbocycles. The lowest BCUT2D eigenvalue weighted by atomic mass is 10.0. The fourth-order valence-electron chi connectivity index (χ4n) is 2.74. The summed E-state index contributed by atoms with van der Waals surface area (Å²) in [5.74, 6) is 0.604. The first-order chi connectivity index (χ1) is 9.74. The van der Waals surface area contributed by atoms with Crippen LogP contribution >= 0.6 is 15.9 Å². The lowest BCUT2D eigenvalue weighted by Crippen LogP contribution is -2.31. The fourth-order valence-corrected chi connectivity index (χ4v) is 3.06. The van der Waals surface area contributed by atoms with Crippen LogP contribution in [0.4, 0.5) is 5.69 Å². The van der Waals surface area contributed by atoms with Crippen LogP contribution in [0.3, 0.4) is 0 Å². The third-order valence-corrected chi connectivity index (χ3v) is 4.15. The Labute approximate surface area is 127 Å². The molecule has 20 heavy (non-hydrogen) atoms. The van der Waals surface area contributed by atoms with Gasteiger partial charge in [-0.3, -0.25) is 9.97 Å². The molecular formula is C15H18BrN3O. The Balaban J connectivity index is 1.85. The lowest BCUT2D eigenvalue weighted by molar-refractivity contribution is 0.0576. The highest BCUT2D eigenvalue weighted by Crippen LogP contribution is 2.26. The van der Waals surface area contributed by atoms with Gasteiger partial charge < -0.3 is 9.64 Å². The number of ether oxygens (including phenoxy) is 1. The molecule has 1 unspecified atom stereocenters. The molecular weight excluding hydrogens is 318 g/mol. The van der Waals surface area contributed by atoms with Crippen molar-refractivity contribution >= 4 is 32.7 Å². The standard InChI is InChI=1S/C15H18BrN3O/c1-19(9-11-3-2-6-20-10-11)14-4-5-17-13-7-12(16)8-18-15(13)14/h4-5,7-8,11H,2-3,6,9-10H2,1H3. The topological polar surface area (TPSA) is 38.2 Å². The van der Waals surface area contributed by atoms with Crippen LogP contribution in [0.25, 0.3) is 11.0 Å². The Morgan fingerprint density at radius 2 is 2.35 bits per heavy atom. The van der Waals surface area contributed by atoms with Gasteiger partial charge in [-0.1, -0.05) is 0 Å². The molecule has 0 amide bonds. The number of rotatable bonds is 3. The van der Waals surface area contributed by atoms with E-state index in [1.165, 1.54) is 12.8 Å². The zero-order chi connectivity index (χ0) is 13.9. The average Bonchev–Trinajstić information content (AvgIpc) is 2.47. The van der Waals surface area contributed by atoms with Crippen molar-refractivity contribution in [2.24, 2.45) is 5.92 Å². The molecule has 106 valence electrons. The number of halogens is 1. The fraction of sp³-hybridized carbons (Fsp3) is 0.467. The van der Waals surface area contributed by atoms with Crippen molar-refractivity contribution < 1.29 is 4.74 Å². The molecule has 2 aromatic heterocycles. The highest BCUT2D eigenvalue weighted by Gasteiger charge is 2.17. The van der Waals surface area contributed by atoms with Crippen molar-refractivity contribution in [2.45, 2.75) is 12.8 Å². The number of aromatic nitrogens is 2. The van der Waals surface area contributed by atoms with Gasteiger partial charge in [0, 0.05) is 37.1 Å². The third-order valence-electron chi connectivity index (χ3n) is 3.72. The molecule has 0 N–H and O–H groups in total. The number of pyridine rings is 2. The second-order valence-electron chi connectivity index (χ2n) is 5.32. The van der Waals surface area contributed by atoms with Gasteiger partial charge in [0.25, 0.3) is 0 Å². The predicted octanol–water partition coefficient (Wildman–Crippen LogP) is 3.26. The summed E-state index contributed by atoms with van der Waals surface area (Å²) in [6, 6.07) is 4.04. The molecule has 0 bridgehead atoms. The van der Waals surface area contributed by atoms with Crippen LogP contribution in [0.15, 0.2) is 29.0 Å². The summed E-state index contributed by atoms with van der Waals surface area (Å²) >= 11 is 3.44. The number of fused-ring (bicyclic) bond motifs is 1. The van der Waals surface area contributed by atoms with E-state index < -0.39 is 0 Å². The van der Waals surface area contributed by atoms with Crippen molar-refractivity contribution in [2.75, 3.05) is 31.7 Å². The van der Waals surface area contributed by atoms with Crippen LogP contribution in [0, 0.1) is 5.92 Å². The summed E-state index contributed by atoms with van der Waals surface area (Å²) in [6.07, 6.45) is 6.08. The average molecular weight is 336 g/mol. The van der Waals surface area contributed by atoms with E-state index in [9.17, 15) is 0 Å². The molecule has 0 spiro atoms. The van der Waals surface area contributed by atoms with Gasteiger partial charge in [-0.15, -0.1) is 0 Å². The second kappa shape index (κ2) is 6.06. The van der Waals surface area contributed by atoms with Crippen molar-refractivity contribution in [3.63, 3.8) is 0 Å². The molecule has 1 aliphatic rings. The molecule has 0 radical (unpaired) electrons. The van der Waals surface area contributed by atoms with E-state index in [1.54, 1.807) is 0 Å². The van der Waals surface area contributed by atoms with Crippen molar-refractivity contribution in [3.8, 4) is 0 Å². The van der Waals surface area contributed by atoms with Gasteiger partial charge in [-0.25, -0.2) is 0 Å². The molecule has 1 saturated heterocycles. The summed E-state index contributed by atoms with van der Waals surface area (Å²) in [5.41, 5.74) is 3.01. The molecule has 1 aliphatic heterocycles. The smallest absolute Gasteiger partial charge is 0.112 e. The predicted molar refractivity (Wildman–Crippen MR) is 84.1 cm³/mol.